The van der Waals surface area contributed by atoms with E-state index in [-0.39, 0.29) is 10.8 Å². The van der Waals surface area contributed by atoms with E-state index in [1.807, 2.05) is 19.9 Å². The lowest BCUT2D eigenvalue weighted by molar-refractivity contribution is -0.116. The van der Waals surface area contributed by atoms with Crippen molar-refractivity contribution in [2.75, 3.05) is 13.1 Å². The van der Waals surface area contributed by atoms with Crippen LogP contribution in [0.15, 0.2) is 47.4 Å². The van der Waals surface area contributed by atoms with Gasteiger partial charge in [0.1, 0.15) is 0 Å². The molecule has 0 saturated heterocycles. The third kappa shape index (κ3) is 5.41. The zero-order valence-electron chi connectivity index (χ0n) is 14.6. The lowest BCUT2D eigenvalue weighted by atomic mass is 10.2. The van der Waals surface area contributed by atoms with Crippen LogP contribution in [0.1, 0.15) is 24.3 Å². The number of hydrogen-bond acceptors (Lipinski definition) is 4. The molecular weight excluding hydrogens is 392 g/mol. The molecule has 0 saturated carbocycles. The summed E-state index contributed by atoms with van der Waals surface area (Å²) in [6, 6.07) is 10.2. The molecule has 0 spiro atoms. The number of thiophene rings is 1. The van der Waals surface area contributed by atoms with Gasteiger partial charge in [-0.25, -0.2) is 8.42 Å². The number of carbonyl (C=O) groups excluding carboxylic acids is 1. The molecule has 8 heteroatoms. The first-order valence-corrected chi connectivity index (χ1v) is 10.8. The lowest BCUT2D eigenvalue weighted by Gasteiger charge is -2.18. The standard InChI is InChI=1S/C18H21ClN2O3S2/c1-3-21(4-2)26(23,24)16-9-5-14(6-10-16)13-20-18(22)12-8-15-7-11-17(19)25-15/h5-12H,3-4,13H2,1-2H3,(H,20,22)/b12-8+. The highest BCUT2D eigenvalue weighted by atomic mass is 35.5. The Labute approximate surface area is 163 Å². The minimum Gasteiger partial charge on any atom is -0.348 e. The predicted molar refractivity (Wildman–Crippen MR) is 107 cm³/mol. The maximum Gasteiger partial charge on any atom is 0.244 e. The van der Waals surface area contributed by atoms with Crippen molar-refractivity contribution in [3.05, 3.63) is 57.3 Å². The Morgan fingerprint density at radius 3 is 2.35 bits per heavy atom. The molecule has 1 aromatic carbocycles. The zero-order chi connectivity index (χ0) is 19.2. The molecule has 140 valence electrons. The van der Waals surface area contributed by atoms with E-state index in [1.165, 1.54) is 21.7 Å². The van der Waals surface area contributed by atoms with Crippen LogP contribution in [0.4, 0.5) is 0 Å². The molecule has 1 heterocycles. The molecule has 0 bridgehead atoms. The highest BCUT2D eigenvalue weighted by Gasteiger charge is 2.21. The SMILES string of the molecule is CCN(CC)S(=O)(=O)c1ccc(CNC(=O)/C=C/c2ccc(Cl)s2)cc1. The van der Waals surface area contributed by atoms with Crippen molar-refractivity contribution in [2.24, 2.45) is 0 Å². The van der Waals surface area contributed by atoms with E-state index in [9.17, 15) is 13.2 Å². The van der Waals surface area contributed by atoms with Crippen molar-refractivity contribution >= 4 is 44.9 Å². The van der Waals surface area contributed by atoms with Gasteiger partial charge in [0.05, 0.1) is 9.23 Å². The summed E-state index contributed by atoms with van der Waals surface area (Å²) >= 11 is 7.23. The van der Waals surface area contributed by atoms with E-state index < -0.39 is 10.0 Å². The fourth-order valence-electron chi connectivity index (χ4n) is 2.32. The van der Waals surface area contributed by atoms with E-state index >= 15 is 0 Å². The molecule has 1 aromatic heterocycles. The van der Waals surface area contributed by atoms with Gasteiger partial charge in [-0.1, -0.05) is 37.6 Å². The monoisotopic (exact) mass is 412 g/mol. The van der Waals surface area contributed by atoms with Crippen molar-refractivity contribution in [2.45, 2.75) is 25.3 Å². The van der Waals surface area contributed by atoms with Crippen LogP contribution < -0.4 is 5.32 Å². The lowest BCUT2D eigenvalue weighted by Crippen LogP contribution is -2.30. The maximum absolute atomic E-state index is 12.4. The topological polar surface area (TPSA) is 66.5 Å². The number of nitrogens with zero attached hydrogens (tertiary/aromatic N) is 1. The van der Waals surface area contributed by atoms with Gasteiger partial charge in [0.15, 0.2) is 0 Å². The first-order valence-electron chi connectivity index (χ1n) is 8.17. The van der Waals surface area contributed by atoms with E-state index in [1.54, 1.807) is 36.4 Å². The van der Waals surface area contributed by atoms with Crippen molar-refractivity contribution < 1.29 is 13.2 Å². The van der Waals surface area contributed by atoms with E-state index in [0.717, 1.165) is 10.4 Å². The smallest absolute Gasteiger partial charge is 0.244 e. The van der Waals surface area contributed by atoms with Gasteiger partial charge < -0.3 is 5.32 Å². The number of carbonyl (C=O) groups is 1. The van der Waals surface area contributed by atoms with Crippen LogP contribution in [-0.2, 0) is 21.4 Å². The molecule has 0 atom stereocenters. The Hall–Kier alpha value is -1.67. The van der Waals surface area contributed by atoms with Crippen LogP contribution in [0.25, 0.3) is 6.08 Å². The van der Waals surface area contributed by atoms with Crippen molar-refractivity contribution in [3.63, 3.8) is 0 Å². The van der Waals surface area contributed by atoms with Crippen LogP contribution in [-0.4, -0.2) is 31.7 Å². The molecule has 2 rings (SSSR count). The summed E-state index contributed by atoms with van der Waals surface area (Å²) in [7, 11) is -3.46. The van der Waals surface area contributed by atoms with Gasteiger partial charge >= 0.3 is 0 Å². The fourth-order valence-corrected chi connectivity index (χ4v) is 4.74. The van der Waals surface area contributed by atoms with Gasteiger partial charge in [0.25, 0.3) is 0 Å². The minimum atomic E-state index is -3.46. The Bertz CT molecular complexity index is 870. The summed E-state index contributed by atoms with van der Waals surface area (Å²) in [5, 5.41) is 2.77. The van der Waals surface area contributed by atoms with Crippen molar-refractivity contribution in [3.8, 4) is 0 Å². The quantitative estimate of drug-likeness (QED) is 0.671. The number of rotatable bonds is 8. The Morgan fingerprint density at radius 2 is 1.81 bits per heavy atom. The molecule has 1 N–H and O–H groups in total. The van der Waals surface area contributed by atoms with Gasteiger partial charge in [0, 0.05) is 30.6 Å². The molecule has 0 aliphatic heterocycles. The van der Waals surface area contributed by atoms with E-state index in [0.29, 0.717) is 24.0 Å². The average Bonchev–Trinajstić information content (AvgIpc) is 3.04. The highest BCUT2D eigenvalue weighted by molar-refractivity contribution is 7.89. The Kier molecular flexibility index (Phi) is 7.40. The van der Waals surface area contributed by atoms with Gasteiger partial charge in [-0.3, -0.25) is 4.79 Å². The molecule has 0 aliphatic carbocycles. The second-order valence-electron chi connectivity index (χ2n) is 5.43. The molecule has 5 nitrogen and oxygen atoms in total. The molecule has 0 unspecified atom stereocenters. The summed E-state index contributed by atoms with van der Waals surface area (Å²) in [6.07, 6.45) is 3.15. The molecule has 26 heavy (non-hydrogen) atoms. The van der Waals surface area contributed by atoms with E-state index in [2.05, 4.69) is 5.32 Å². The van der Waals surface area contributed by atoms with Gasteiger partial charge in [0.2, 0.25) is 15.9 Å². The second kappa shape index (κ2) is 9.32. The molecule has 0 fully saturated rings. The summed E-state index contributed by atoms with van der Waals surface area (Å²) in [6.45, 7) is 4.79. The van der Waals surface area contributed by atoms with Gasteiger partial charge in [-0.2, -0.15) is 4.31 Å². The molecule has 2 aromatic rings. The third-order valence-corrected chi connectivity index (χ3v) is 6.99. The Balaban J connectivity index is 1.95. The van der Waals surface area contributed by atoms with Crippen molar-refractivity contribution in [1.82, 2.24) is 9.62 Å². The third-order valence-electron chi connectivity index (χ3n) is 3.73. The fraction of sp³-hybridized carbons (Fsp3) is 0.278. The number of hydrogen-bond donors (Lipinski definition) is 1. The van der Waals surface area contributed by atoms with Gasteiger partial charge in [-0.05, 0) is 35.9 Å². The molecular formula is C18H21ClN2O3S2. The van der Waals surface area contributed by atoms with Crippen LogP contribution in [0, 0.1) is 0 Å². The van der Waals surface area contributed by atoms with Gasteiger partial charge in [-0.15, -0.1) is 11.3 Å². The minimum absolute atomic E-state index is 0.227. The van der Waals surface area contributed by atoms with Crippen LogP contribution >= 0.6 is 22.9 Å². The number of amides is 1. The van der Waals surface area contributed by atoms with Crippen LogP contribution in [0.2, 0.25) is 4.34 Å². The number of sulfonamides is 1. The molecule has 1 amide bonds. The average molecular weight is 413 g/mol. The van der Waals surface area contributed by atoms with Crippen LogP contribution in [0.3, 0.4) is 0 Å². The molecule has 0 radical (unpaired) electrons. The molecule has 0 aliphatic rings. The summed E-state index contributed by atoms with van der Waals surface area (Å²) < 4.78 is 26.9. The van der Waals surface area contributed by atoms with E-state index in [4.69, 9.17) is 11.6 Å². The largest absolute Gasteiger partial charge is 0.348 e. The zero-order valence-corrected chi connectivity index (χ0v) is 17.0. The number of benzene rings is 1. The van der Waals surface area contributed by atoms with Crippen molar-refractivity contribution in [1.29, 1.82) is 0 Å². The normalized spacial score (nSPS) is 12.0. The number of halogens is 1. The highest BCUT2D eigenvalue weighted by Crippen LogP contribution is 2.22. The van der Waals surface area contributed by atoms with Crippen LogP contribution in [0.5, 0.6) is 0 Å². The summed E-state index contributed by atoms with van der Waals surface area (Å²) in [5.41, 5.74) is 0.824. The summed E-state index contributed by atoms with van der Waals surface area (Å²) in [5.74, 6) is -0.227. The second-order valence-corrected chi connectivity index (χ2v) is 9.11. The maximum atomic E-state index is 12.4. The first kappa shape index (κ1) is 20.6. The first-order chi connectivity index (χ1) is 12.4. The Morgan fingerprint density at radius 1 is 1.15 bits per heavy atom. The predicted octanol–water partition coefficient (Wildman–Crippen LogP) is 3.76. The summed E-state index contributed by atoms with van der Waals surface area (Å²) in [4.78, 5) is 13.0. The number of nitrogens with one attached hydrogen (secondary N) is 1.